The molecule has 178 valence electrons. The molecule has 2 aromatic heterocycles. The van der Waals surface area contributed by atoms with Crippen molar-refractivity contribution in [3.63, 3.8) is 0 Å². The van der Waals surface area contributed by atoms with E-state index in [1.807, 2.05) is 7.05 Å². The van der Waals surface area contributed by atoms with E-state index in [1.54, 1.807) is 24.4 Å². The zero-order valence-corrected chi connectivity index (χ0v) is 19.4. The van der Waals surface area contributed by atoms with E-state index in [9.17, 15) is 23.1 Å². The van der Waals surface area contributed by atoms with Gasteiger partial charge in [-0.15, -0.1) is 0 Å². The van der Waals surface area contributed by atoms with Gasteiger partial charge in [0.15, 0.2) is 0 Å². The minimum absolute atomic E-state index is 0.0419. The van der Waals surface area contributed by atoms with E-state index in [-0.39, 0.29) is 22.4 Å². The van der Waals surface area contributed by atoms with Crippen LogP contribution in [0, 0.1) is 5.92 Å². The third-order valence-electron chi connectivity index (χ3n) is 6.54. The number of sulfonamides is 1. The van der Waals surface area contributed by atoms with Gasteiger partial charge in [-0.3, -0.25) is 4.79 Å². The maximum atomic E-state index is 12.8. The van der Waals surface area contributed by atoms with E-state index < -0.39 is 16.0 Å². The fraction of sp³-hybridized carbons (Fsp3) is 0.478. The molecule has 0 radical (unpaired) electrons. The molecule has 1 saturated carbocycles. The molecule has 2 fully saturated rings. The second-order valence-electron chi connectivity index (χ2n) is 8.93. The third-order valence-corrected chi connectivity index (χ3v) is 8.06. The average Bonchev–Trinajstić information content (AvgIpc) is 3.48. The number of benzene rings is 1. The van der Waals surface area contributed by atoms with E-state index in [4.69, 9.17) is 0 Å². The van der Waals surface area contributed by atoms with Crippen LogP contribution in [0.5, 0.6) is 0 Å². The maximum Gasteiger partial charge on any atom is 0.272 e. The number of hydrogen-bond donors (Lipinski definition) is 3. The van der Waals surface area contributed by atoms with Gasteiger partial charge in [-0.1, -0.05) is 12.8 Å². The Bertz CT molecular complexity index is 1300. The quantitative estimate of drug-likeness (QED) is 0.522. The standard InChI is InChI=1S/C17H20N4O3S.C6H10O2/c1-21-8-5-11(6-9-21)20-25(23,24)12-2-3-15-14(10-12)13-4-7-18-16(13)17(22)19-15;7-6(8)5-3-1-2-4-5/h2-4,7,10-11,18,20H,5-6,8-9H2,1H3,(H,19,22);5H,1-4H2,(H,7,8)/p-1. The Labute approximate surface area is 192 Å². The van der Waals surface area contributed by atoms with Gasteiger partial charge in [-0.25, -0.2) is 13.1 Å². The lowest BCUT2D eigenvalue weighted by atomic mass is 10.1. The number of nitrogens with zero attached hydrogens (tertiary/aromatic N) is 1. The molecule has 3 aromatic rings. The first-order valence-electron chi connectivity index (χ1n) is 11.3. The van der Waals surface area contributed by atoms with Crippen molar-refractivity contribution in [2.24, 2.45) is 5.92 Å². The molecular weight excluding hydrogens is 444 g/mol. The molecular formula is C23H29N4O5S-. The fourth-order valence-corrected chi connectivity index (χ4v) is 5.90. The van der Waals surface area contributed by atoms with Gasteiger partial charge in [0.2, 0.25) is 10.0 Å². The van der Waals surface area contributed by atoms with Crippen molar-refractivity contribution in [1.82, 2.24) is 19.6 Å². The molecule has 3 heterocycles. The summed E-state index contributed by atoms with van der Waals surface area (Å²) in [7, 11) is -1.56. The van der Waals surface area contributed by atoms with Crippen LogP contribution >= 0.6 is 0 Å². The number of H-pyrrole nitrogens is 2. The Hall–Kier alpha value is -2.69. The molecule has 33 heavy (non-hydrogen) atoms. The predicted octanol–water partition coefficient (Wildman–Crippen LogP) is 1.31. The smallest absolute Gasteiger partial charge is 0.272 e. The molecule has 0 spiro atoms. The van der Waals surface area contributed by atoms with Crippen molar-refractivity contribution in [3.8, 4) is 0 Å². The molecule has 1 aromatic carbocycles. The number of fused-ring (bicyclic) bond motifs is 3. The van der Waals surface area contributed by atoms with Crippen molar-refractivity contribution in [2.45, 2.75) is 49.5 Å². The molecule has 1 saturated heterocycles. The highest BCUT2D eigenvalue weighted by Crippen LogP contribution is 2.25. The summed E-state index contributed by atoms with van der Waals surface area (Å²) in [5.41, 5.74) is 0.855. The van der Waals surface area contributed by atoms with Crippen LogP contribution in [0.4, 0.5) is 0 Å². The average molecular weight is 474 g/mol. The molecule has 1 aliphatic carbocycles. The van der Waals surface area contributed by atoms with Gasteiger partial charge in [-0.2, -0.15) is 0 Å². The lowest BCUT2D eigenvalue weighted by Gasteiger charge is -2.29. The van der Waals surface area contributed by atoms with Crippen LogP contribution in [0.25, 0.3) is 21.8 Å². The molecule has 0 atom stereocenters. The zero-order chi connectivity index (χ0) is 23.6. The van der Waals surface area contributed by atoms with Gasteiger partial charge in [0.05, 0.1) is 4.90 Å². The van der Waals surface area contributed by atoms with Crippen LogP contribution in [-0.2, 0) is 14.8 Å². The zero-order valence-electron chi connectivity index (χ0n) is 18.6. The van der Waals surface area contributed by atoms with Gasteiger partial charge in [0.1, 0.15) is 5.52 Å². The number of likely N-dealkylation sites (tertiary alicyclic amines) is 1. The highest BCUT2D eigenvalue weighted by Gasteiger charge is 2.24. The number of hydrogen-bond acceptors (Lipinski definition) is 6. The SMILES string of the molecule is CN1CCC(NS(=O)(=O)c2ccc3[nH]c(=O)c4[nH]ccc4c3c2)CC1.O=C([O-])C1CCCC1. The summed E-state index contributed by atoms with van der Waals surface area (Å²) in [6.07, 6.45) is 7.09. The minimum Gasteiger partial charge on any atom is -0.550 e. The molecule has 0 unspecified atom stereocenters. The summed E-state index contributed by atoms with van der Waals surface area (Å²) < 4.78 is 28.3. The van der Waals surface area contributed by atoms with Gasteiger partial charge >= 0.3 is 0 Å². The normalized spacial score (nSPS) is 18.5. The van der Waals surface area contributed by atoms with E-state index in [0.29, 0.717) is 16.4 Å². The Kier molecular flexibility index (Phi) is 6.87. The van der Waals surface area contributed by atoms with Crippen molar-refractivity contribution in [2.75, 3.05) is 20.1 Å². The summed E-state index contributed by atoms with van der Waals surface area (Å²) in [5.74, 6) is -0.988. The first-order chi connectivity index (χ1) is 15.7. The number of aromatic amines is 2. The number of carboxylic acids is 1. The molecule has 5 rings (SSSR count). The Morgan fingerprint density at radius 2 is 1.79 bits per heavy atom. The van der Waals surface area contributed by atoms with E-state index in [1.165, 1.54) is 6.07 Å². The number of carboxylic acid groups (broad SMARTS) is 1. The predicted molar refractivity (Wildman–Crippen MR) is 124 cm³/mol. The largest absolute Gasteiger partial charge is 0.550 e. The van der Waals surface area contributed by atoms with E-state index >= 15 is 0 Å². The van der Waals surface area contributed by atoms with Crippen molar-refractivity contribution in [1.29, 1.82) is 0 Å². The van der Waals surface area contributed by atoms with Crippen LogP contribution in [0.2, 0.25) is 0 Å². The van der Waals surface area contributed by atoms with Crippen LogP contribution in [0.1, 0.15) is 38.5 Å². The molecule has 3 N–H and O–H groups in total. The van der Waals surface area contributed by atoms with E-state index in [0.717, 1.165) is 57.0 Å². The monoisotopic (exact) mass is 473 g/mol. The lowest BCUT2D eigenvalue weighted by molar-refractivity contribution is -0.311. The number of pyridine rings is 1. The summed E-state index contributed by atoms with van der Waals surface area (Å²) >= 11 is 0. The summed E-state index contributed by atoms with van der Waals surface area (Å²) in [5, 5.41) is 11.5. The summed E-state index contributed by atoms with van der Waals surface area (Å²) in [6.45, 7) is 1.77. The third kappa shape index (κ3) is 5.29. The maximum absolute atomic E-state index is 12.8. The van der Waals surface area contributed by atoms with Gasteiger partial charge in [-0.05, 0) is 76.0 Å². The molecule has 10 heteroatoms. The minimum atomic E-state index is -3.60. The van der Waals surface area contributed by atoms with Crippen molar-refractivity contribution in [3.05, 3.63) is 40.8 Å². The van der Waals surface area contributed by atoms with Crippen molar-refractivity contribution >= 4 is 37.8 Å². The second-order valence-corrected chi connectivity index (χ2v) is 10.6. The summed E-state index contributed by atoms with van der Waals surface area (Å²) in [6, 6.07) is 6.55. The first-order valence-corrected chi connectivity index (χ1v) is 12.8. The molecule has 0 bridgehead atoms. The Balaban J connectivity index is 0.000000275. The highest BCUT2D eigenvalue weighted by molar-refractivity contribution is 7.89. The van der Waals surface area contributed by atoms with Gasteiger partial charge in [0, 0.05) is 34.5 Å². The number of carbonyl (C=O) groups excluding carboxylic acids is 1. The second kappa shape index (κ2) is 9.66. The van der Waals surface area contributed by atoms with Gasteiger partial charge < -0.3 is 24.8 Å². The topological polar surface area (TPSA) is 138 Å². The fourth-order valence-electron chi connectivity index (χ4n) is 4.56. The van der Waals surface area contributed by atoms with Gasteiger partial charge in [0.25, 0.3) is 5.56 Å². The highest BCUT2D eigenvalue weighted by atomic mass is 32.2. The molecule has 2 aliphatic rings. The lowest BCUT2D eigenvalue weighted by Crippen LogP contribution is -2.43. The van der Waals surface area contributed by atoms with E-state index in [2.05, 4.69) is 19.6 Å². The Morgan fingerprint density at radius 1 is 1.09 bits per heavy atom. The summed E-state index contributed by atoms with van der Waals surface area (Å²) in [4.78, 5) is 30.2. The Morgan fingerprint density at radius 3 is 2.42 bits per heavy atom. The number of aliphatic carboxylic acids is 1. The number of piperidine rings is 1. The first kappa shape index (κ1) is 23.5. The van der Waals surface area contributed by atoms with Crippen molar-refractivity contribution < 1.29 is 18.3 Å². The number of aromatic nitrogens is 2. The molecule has 1 aliphatic heterocycles. The van der Waals surface area contributed by atoms with Crippen LogP contribution < -0.4 is 15.4 Å². The molecule has 0 amide bonds. The number of nitrogens with one attached hydrogen (secondary N) is 3. The number of rotatable bonds is 4. The van der Waals surface area contributed by atoms with Crippen LogP contribution in [0.3, 0.4) is 0 Å². The molecule has 9 nitrogen and oxygen atoms in total. The number of carbonyl (C=O) groups is 1. The van der Waals surface area contributed by atoms with Crippen LogP contribution in [-0.4, -0.2) is 55.4 Å². The van der Waals surface area contributed by atoms with Crippen LogP contribution in [0.15, 0.2) is 40.2 Å².